The molecule has 0 aliphatic heterocycles. The summed E-state index contributed by atoms with van der Waals surface area (Å²) >= 11 is 0. The van der Waals surface area contributed by atoms with Gasteiger partial charge in [-0.3, -0.25) is 0 Å². The Hall–Kier alpha value is -1.60. The molecule has 2 rings (SSSR count). The quantitative estimate of drug-likeness (QED) is 0.768. The maximum Gasteiger partial charge on any atom is 0.0323 e. The van der Waals surface area contributed by atoms with E-state index in [1.165, 1.54) is 23.1 Å². The molecule has 0 radical (unpaired) electrons. The summed E-state index contributed by atoms with van der Waals surface area (Å²) in [6.45, 7) is 5.45. The van der Waals surface area contributed by atoms with E-state index in [1.807, 2.05) is 0 Å². The molecule has 0 amide bonds. The smallest absolute Gasteiger partial charge is 0.0323 e. The zero-order chi connectivity index (χ0) is 14.2. The zero-order valence-corrected chi connectivity index (χ0v) is 12.6. The molecule has 1 heteroatoms. The predicted octanol–water partition coefficient (Wildman–Crippen LogP) is 4.67. The minimum Gasteiger partial charge on any atom is -0.310 e. The molecular weight excluding hydrogens is 242 g/mol. The van der Waals surface area contributed by atoms with Crippen LogP contribution in [0, 0.1) is 6.92 Å². The predicted molar refractivity (Wildman–Crippen MR) is 87.0 cm³/mol. The van der Waals surface area contributed by atoms with Gasteiger partial charge in [0, 0.05) is 6.04 Å². The van der Waals surface area contributed by atoms with Crippen molar-refractivity contribution in [3.05, 3.63) is 71.3 Å². The van der Waals surface area contributed by atoms with Gasteiger partial charge in [0.05, 0.1) is 0 Å². The number of hydrogen-bond donors (Lipinski definition) is 1. The maximum absolute atomic E-state index is 3.67. The summed E-state index contributed by atoms with van der Waals surface area (Å²) in [6.07, 6.45) is 3.44. The second-order valence-electron chi connectivity index (χ2n) is 5.45. The van der Waals surface area contributed by atoms with Crippen LogP contribution in [-0.2, 0) is 6.42 Å². The molecular formula is C19H25N. The van der Waals surface area contributed by atoms with Crippen molar-refractivity contribution < 1.29 is 0 Å². The molecule has 0 saturated heterocycles. The van der Waals surface area contributed by atoms with Gasteiger partial charge >= 0.3 is 0 Å². The van der Waals surface area contributed by atoms with Gasteiger partial charge in [-0.1, -0.05) is 67.1 Å². The van der Waals surface area contributed by atoms with Gasteiger partial charge in [0.1, 0.15) is 0 Å². The van der Waals surface area contributed by atoms with Crippen LogP contribution in [-0.4, -0.2) is 6.54 Å². The van der Waals surface area contributed by atoms with Gasteiger partial charge < -0.3 is 5.32 Å². The Bertz CT molecular complexity index is 504. The third-order valence-electron chi connectivity index (χ3n) is 3.65. The number of aryl methyl sites for hydroxylation is 2. The minimum absolute atomic E-state index is 0.455. The first kappa shape index (κ1) is 14.8. The van der Waals surface area contributed by atoms with Gasteiger partial charge in [-0.2, -0.15) is 0 Å². The lowest BCUT2D eigenvalue weighted by atomic mass is 9.98. The fraction of sp³-hybridized carbons (Fsp3) is 0.368. The maximum atomic E-state index is 3.67. The first-order chi connectivity index (χ1) is 9.79. The normalized spacial score (nSPS) is 12.3. The topological polar surface area (TPSA) is 12.0 Å². The fourth-order valence-electron chi connectivity index (χ4n) is 2.57. The molecule has 0 bridgehead atoms. The van der Waals surface area contributed by atoms with Crippen LogP contribution in [0.5, 0.6) is 0 Å². The van der Waals surface area contributed by atoms with Crippen molar-refractivity contribution in [3.63, 3.8) is 0 Å². The second-order valence-corrected chi connectivity index (χ2v) is 5.45. The largest absolute Gasteiger partial charge is 0.310 e. The highest BCUT2D eigenvalue weighted by molar-refractivity contribution is 5.23. The van der Waals surface area contributed by atoms with E-state index in [4.69, 9.17) is 0 Å². The number of rotatable bonds is 7. The average Bonchev–Trinajstić information content (AvgIpc) is 2.48. The summed E-state index contributed by atoms with van der Waals surface area (Å²) in [5.74, 6) is 0. The van der Waals surface area contributed by atoms with Gasteiger partial charge in [0.2, 0.25) is 0 Å². The Balaban J connectivity index is 2.01. The van der Waals surface area contributed by atoms with Crippen LogP contribution in [0.2, 0.25) is 0 Å². The summed E-state index contributed by atoms with van der Waals surface area (Å²) in [6, 6.07) is 20.1. The lowest BCUT2D eigenvalue weighted by Gasteiger charge is -2.19. The van der Waals surface area contributed by atoms with E-state index in [2.05, 4.69) is 73.8 Å². The average molecular weight is 267 g/mol. The molecule has 0 saturated carbocycles. The van der Waals surface area contributed by atoms with E-state index in [0.29, 0.717) is 6.04 Å². The third-order valence-corrected chi connectivity index (χ3v) is 3.65. The molecule has 0 aliphatic carbocycles. The highest BCUT2D eigenvalue weighted by Crippen LogP contribution is 2.19. The van der Waals surface area contributed by atoms with Gasteiger partial charge in [-0.05, 0) is 43.9 Å². The zero-order valence-electron chi connectivity index (χ0n) is 12.6. The van der Waals surface area contributed by atoms with E-state index < -0.39 is 0 Å². The van der Waals surface area contributed by atoms with E-state index in [1.54, 1.807) is 0 Å². The summed E-state index contributed by atoms with van der Waals surface area (Å²) in [7, 11) is 0. The SMILES string of the molecule is CCCNC(CCc1cccc(C)c1)c1ccccc1. The molecule has 1 atom stereocenters. The summed E-state index contributed by atoms with van der Waals surface area (Å²) < 4.78 is 0. The fourth-order valence-corrected chi connectivity index (χ4v) is 2.57. The third kappa shape index (κ3) is 4.50. The molecule has 20 heavy (non-hydrogen) atoms. The van der Waals surface area contributed by atoms with Crippen molar-refractivity contribution in [2.24, 2.45) is 0 Å². The molecule has 1 nitrogen and oxygen atoms in total. The van der Waals surface area contributed by atoms with Gasteiger partial charge in [0.25, 0.3) is 0 Å². The lowest BCUT2D eigenvalue weighted by molar-refractivity contribution is 0.499. The monoisotopic (exact) mass is 267 g/mol. The minimum atomic E-state index is 0.455. The van der Waals surface area contributed by atoms with Crippen molar-refractivity contribution >= 4 is 0 Å². The Kier molecular flexibility index (Phi) is 5.82. The van der Waals surface area contributed by atoms with Crippen molar-refractivity contribution in [3.8, 4) is 0 Å². The van der Waals surface area contributed by atoms with E-state index in [0.717, 1.165) is 19.4 Å². The Morgan fingerprint density at radius 3 is 2.50 bits per heavy atom. The number of benzene rings is 2. The molecule has 106 valence electrons. The Morgan fingerprint density at radius 1 is 1.00 bits per heavy atom. The van der Waals surface area contributed by atoms with Crippen LogP contribution >= 0.6 is 0 Å². The van der Waals surface area contributed by atoms with Crippen molar-refractivity contribution in [1.82, 2.24) is 5.32 Å². The number of hydrogen-bond acceptors (Lipinski definition) is 1. The van der Waals surface area contributed by atoms with Crippen molar-refractivity contribution in [2.75, 3.05) is 6.54 Å². The molecule has 0 aliphatic rings. The molecule has 0 heterocycles. The molecule has 1 unspecified atom stereocenters. The molecule has 0 fully saturated rings. The molecule has 0 aromatic heterocycles. The Morgan fingerprint density at radius 2 is 1.80 bits per heavy atom. The van der Waals surface area contributed by atoms with Gasteiger partial charge in [0.15, 0.2) is 0 Å². The second kappa shape index (κ2) is 7.86. The van der Waals surface area contributed by atoms with Gasteiger partial charge in [-0.25, -0.2) is 0 Å². The van der Waals surface area contributed by atoms with E-state index >= 15 is 0 Å². The molecule has 0 spiro atoms. The summed E-state index contributed by atoms with van der Waals surface area (Å²) in [5, 5.41) is 3.67. The highest BCUT2D eigenvalue weighted by Gasteiger charge is 2.10. The molecule has 1 N–H and O–H groups in total. The molecule has 2 aromatic carbocycles. The van der Waals surface area contributed by atoms with Gasteiger partial charge in [-0.15, -0.1) is 0 Å². The van der Waals surface area contributed by atoms with Crippen molar-refractivity contribution in [2.45, 2.75) is 39.2 Å². The van der Waals surface area contributed by atoms with Crippen LogP contribution in [0.3, 0.4) is 0 Å². The Labute approximate surface area is 123 Å². The van der Waals surface area contributed by atoms with Crippen LogP contribution in [0.15, 0.2) is 54.6 Å². The van der Waals surface area contributed by atoms with Crippen LogP contribution in [0.1, 0.15) is 42.5 Å². The first-order valence-corrected chi connectivity index (χ1v) is 7.63. The van der Waals surface area contributed by atoms with Crippen molar-refractivity contribution in [1.29, 1.82) is 0 Å². The highest BCUT2D eigenvalue weighted by atomic mass is 14.9. The standard InChI is InChI=1S/C19H25N/c1-3-14-20-19(18-10-5-4-6-11-18)13-12-17-9-7-8-16(2)15-17/h4-11,15,19-20H,3,12-14H2,1-2H3. The number of nitrogens with one attached hydrogen (secondary N) is 1. The first-order valence-electron chi connectivity index (χ1n) is 7.63. The van der Waals surface area contributed by atoms with Crippen LogP contribution in [0.4, 0.5) is 0 Å². The summed E-state index contributed by atoms with van der Waals surface area (Å²) in [4.78, 5) is 0. The van der Waals surface area contributed by atoms with E-state index in [9.17, 15) is 0 Å². The van der Waals surface area contributed by atoms with Crippen LogP contribution in [0.25, 0.3) is 0 Å². The lowest BCUT2D eigenvalue weighted by Crippen LogP contribution is -2.22. The van der Waals surface area contributed by atoms with Crippen LogP contribution < -0.4 is 5.32 Å². The summed E-state index contributed by atoms with van der Waals surface area (Å²) in [5.41, 5.74) is 4.18. The van der Waals surface area contributed by atoms with E-state index in [-0.39, 0.29) is 0 Å². The molecule has 2 aromatic rings.